The van der Waals surface area contributed by atoms with Crippen LogP contribution in [0.25, 0.3) is 11.4 Å². The average Bonchev–Trinajstić information content (AvgIpc) is 3.23. The van der Waals surface area contributed by atoms with Crippen LogP contribution in [0.4, 0.5) is 5.69 Å². The summed E-state index contributed by atoms with van der Waals surface area (Å²) in [6.07, 6.45) is 0. The standard InChI is InChI=1S/C24H23N3O2/c1-18-7-6-10-21(15-18)27(16-19-8-4-3-5-9-19)17-23-25-24(26-29-23)20-11-13-22(28-2)14-12-20/h3-15H,16-17H2,1-2H3. The fourth-order valence-electron chi connectivity index (χ4n) is 3.21. The van der Waals surface area contributed by atoms with Gasteiger partial charge in [0.15, 0.2) is 0 Å². The molecule has 0 fully saturated rings. The van der Waals surface area contributed by atoms with E-state index in [1.165, 1.54) is 11.1 Å². The van der Waals surface area contributed by atoms with E-state index in [9.17, 15) is 0 Å². The molecule has 1 aromatic heterocycles. The largest absolute Gasteiger partial charge is 0.497 e. The summed E-state index contributed by atoms with van der Waals surface area (Å²) in [4.78, 5) is 6.85. The number of anilines is 1. The van der Waals surface area contributed by atoms with Gasteiger partial charge in [-0.25, -0.2) is 0 Å². The highest BCUT2D eigenvalue weighted by atomic mass is 16.5. The Kier molecular flexibility index (Phi) is 5.56. The van der Waals surface area contributed by atoms with Crippen LogP contribution in [0.2, 0.25) is 0 Å². The Morgan fingerprint density at radius 2 is 1.69 bits per heavy atom. The molecule has 0 aliphatic carbocycles. The van der Waals surface area contributed by atoms with Gasteiger partial charge in [0.05, 0.1) is 13.7 Å². The highest BCUT2D eigenvalue weighted by Crippen LogP contribution is 2.23. The van der Waals surface area contributed by atoms with E-state index in [1.807, 2.05) is 30.3 Å². The zero-order valence-corrected chi connectivity index (χ0v) is 16.6. The van der Waals surface area contributed by atoms with Crippen LogP contribution in [-0.2, 0) is 13.1 Å². The van der Waals surface area contributed by atoms with Crippen LogP contribution in [0.1, 0.15) is 17.0 Å². The number of hydrogen-bond donors (Lipinski definition) is 0. The second kappa shape index (κ2) is 8.61. The van der Waals surface area contributed by atoms with Gasteiger partial charge in [0.1, 0.15) is 5.75 Å². The molecule has 0 saturated heterocycles. The van der Waals surface area contributed by atoms with E-state index in [-0.39, 0.29) is 0 Å². The van der Waals surface area contributed by atoms with Gasteiger partial charge in [-0.15, -0.1) is 0 Å². The van der Waals surface area contributed by atoms with Crippen molar-refractivity contribution in [3.8, 4) is 17.1 Å². The van der Waals surface area contributed by atoms with Crippen molar-refractivity contribution in [2.24, 2.45) is 0 Å². The molecule has 29 heavy (non-hydrogen) atoms. The molecule has 0 saturated carbocycles. The second-order valence-corrected chi connectivity index (χ2v) is 6.92. The molecule has 3 aromatic carbocycles. The molecule has 0 aliphatic rings. The van der Waals surface area contributed by atoms with Crippen molar-refractivity contribution in [2.75, 3.05) is 12.0 Å². The molecule has 0 bridgehead atoms. The SMILES string of the molecule is COc1ccc(-c2noc(CN(Cc3ccccc3)c3cccc(C)c3)n2)cc1. The summed E-state index contributed by atoms with van der Waals surface area (Å²) in [5.41, 5.74) is 4.46. The molecular weight excluding hydrogens is 362 g/mol. The first-order chi connectivity index (χ1) is 14.2. The number of aryl methyl sites for hydroxylation is 1. The minimum Gasteiger partial charge on any atom is -0.497 e. The van der Waals surface area contributed by atoms with Crippen LogP contribution in [-0.4, -0.2) is 17.3 Å². The van der Waals surface area contributed by atoms with Crippen LogP contribution in [0.15, 0.2) is 83.4 Å². The van der Waals surface area contributed by atoms with Gasteiger partial charge >= 0.3 is 0 Å². The Balaban J connectivity index is 1.58. The van der Waals surface area contributed by atoms with Crippen molar-refractivity contribution in [3.63, 3.8) is 0 Å². The maximum absolute atomic E-state index is 5.56. The summed E-state index contributed by atoms with van der Waals surface area (Å²) in [6, 6.07) is 26.5. The average molecular weight is 385 g/mol. The number of hydrogen-bond acceptors (Lipinski definition) is 5. The fourth-order valence-corrected chi connectivity index (χ4v) is 3.21. The van der Waals surface area contributed by atoms with Crippen LogP contribution < -0.4 is 9.64 Å². The third-order valence-electron chi connectivity index (χ3n) is 4.73. The molecule has 0 unspecified atom stereocenters. The molecule has 1 heterocycles. The number of aromatic nitrogens is 2. The maximum Gasteiger partial charge on any atom is 0.246 e. The van der Waals surface area contributed by atoms with Gasteiger partial charge in [-0.3, -0.25) is 0 Å². The maximum atomic E-state index is 5.56. The molecule has 0 atom stereocenters. The molecule has 0 aliphatic heterocycles. The van der Waals surface area contributed by atoms with E-state index in [1.54, 1.807) is 7.11 Å². The van der Waals surface area contributed by atoms with E-state index in [0.29, 0.717) is 18.3 Å². The molecule has 0 N–H and O–H groups in total. The van der Waals surface area contributed by atoms with Gasteiger partial charge in [-0.1, -0.05) is 47.6 Å². The zero-order chi connectivity index (χ0) is 20.1. The summed E-state index contributed by atoms with van der Waals surface area (Å²) in [6.45, 7) is 3.38. The molecule has 146 valence electrons. The Labute approximate surface area is 170 Å². The minimum atomic E-state index is 0.529. The minimum absolute atomic E-state index is 0.529. The van der Waals surface area contributed by atoms with Gasteiger partial charge < -0.3 is 14.2 Å². The van der Waals surface area contributed by atoms with E-state index in [0.717, 1.165) is 23.5 Å². The molecule has 5 nitrogen and oxygen atoms in total. The first-order valence-corrected chi connectivity index (χ1v) is 9.54. The van der Waals surface area contributed by atoms with Gasteiger partial charge in [-0.05, 0) is 54.4 Å². The smallest absolute Gasteiger partial charge is 0.246 e. The number of nitrogens with zero attached hydrogens (tertiary/aromatic N) is 3. The van der Waals surface area contributed by atoms with Crippen molar-refractivity contribution < 1.29 is 9.26 Å². The van der Waals surface area contributed by atoms with Gasteiger partial charge in [-0.2, -0.15) is 4.98 Å². The van der Waals surface area contributed by atoms with Crippen LogP contribution in [0, 0.1) is 6.92 Å². The number of rotatable bonds is 7. The molecule has 0 spiro atoms. The summed E-state index contributed by atoms with van der Waals surface area (Å²) in [5, 5.41) is 4.16. The van der Waals surface area contributed by atoms with Gasteiger partial charge in [0.2, 0.25) is 11.7 Å². The van der Waals surface area contributed by atoms with E-state index >= 15 is 0 Å². The van der Waals surface area contributed by atoms with Crippen molar-refractivity contribution in [2.45, 2.75) is 20.0 Å². The molecule has 0 radical (unpaired) electrons. The summed E-state index contributed by atoms with van der Waals surface area (Å²) >= 11 is 0. The third kappa shape index (κ3) is 4.63. The van der Waals surface area contributed by atoms with E-state index in [2.05, 4.69) is 70.5 Å². The quantitative estimate of drug-likeness (QED) is 0.434. The lowest BCUT2D eigenvalue weighted by molar-refractivity contribution is 0.376. The van der Waals surface area contributed by atoms with Crippen molar-refractivity contribution in [1.29, 1.82) is 0 Å². The predicted octanol–water partition coefficient (Wildman–Crippen LogP) is 5.26. The molecule has 5 heteroatoms. The van der Waals surface area contributed by atoms with Crippen LogP contribution in [0.5, 0.6) is 5.75 Å². The van der Waals surface area contributed by atoms with Gasteiger partial charge in [0, 0.05) is 17.8 Å². The Bertz CT molecular complexity index is 1060. The topological polar surface area (TPSA) is 51.4 Å². The van der Waals surface area contributed by atoms with Crippen molar-refractivity contribution in [3.05, 3.63) is 95.9 Å². The lowest BCUT2D eigenvalue weighted by Gasteiger charge is -2.23. The first kappa shape index (κ1) is 18.7. The summed E-state index contributed by atoms with van der Waals surface area (Å²) in [7, 11) is 1.65. The molecule has 0 amide bonds. The van der Waals surface area contributed by atoms with Crippen molar-refractivity contribution in [1.82, 2.24) is 10.1 Å². The van der Waals surface area contributed by atoms with Crippen LogP contribution >= 0.6 is 0 Å². The molecule has 4 aromatic rings. The Morgan fingerprint density at radius 3 is 2.41 bits per heavy atom. The zero-order valence-electron chi connectivity index (χ0n) is 16.6. The third-order valence-corrected chi connectivity index (χ3v) is 4.73. The number of ether oxygens (including phenoxy) is 1. The fraction of sp³-hybridized carbons (Fsp3) is 0.167. The highest BCUT2D eigenvalue weighted by molar-refractivity contribution is 5.55. The Morgan fingerprint density at radius 1 is 0.897 bits per heavy atom. The summed E-state index contributed by atoms with van der Waals surface area (Å²) in [5.74, 6) is 1.95. The normalized spacial score (nSPS) is 10.7. The van der Waals surface area contributed by atoms with Gasteiger partial charge in [0.25, 0.3) is 0 Å². The predicted molar refractivity (Wildman–Crippen MR) is 114 cm³/mol. The first-order valence-electron chi connectivity index (χ1n) is 9.54. The molecular formula is C24H23N3O2. The lowest BCUT2D eigenvalue weighted by Crippen LogP contribution is -2.22. The van der Waals surface area contributed by atoms with Crippen molar-refractivity contribution >= 4 is 5.69 Å². The number of methoxy groups -OCH3 is 1. The lowest BCUT2D eigenvalue weighted by atomic mass is 10.1. The summed E-state index contributed by atoms with van der Waals surface area (Å²) < 4.78 is 10.8. The second-order valence-electron chi connectivity index (χ2n) is 6.92. The molecule has 4 rings (SSSR count). The number of benzene rings is 3. The monoisotopic (exact) mass is 385 g/mol. The Hall–Kier alpha value is -3.60. The van der Waals surface area contributed by atoms with E-state index < -0.39 is 0 Å². The van der Waals surface area contributed by atoms with E-state index in [4.69, 9.17) is 9.26 Å². The van der Waals surface area contributed by atoms with Crippen LogP contribution in [0.3, 0.4) is 0 Å². The highest BCUT2D eigenvalue weighted by Gasteiger charge is 2.15.